The zero-order valence-corrected chi connectivity index (χ0v) is 24.8. The summed E-state index contributed by atoms with van der Waals surface area (Å²) in [6, 6.07) is 13.7. The molecule has 0 aliphatic heterocycles. The minimum atomic E-state index is -2.99. The Morgan fingerprint density at radius 2 is 1.82 bits per heavy atom. The Balaban J connectivity index is 2.06. The summed E-state index contributed by atoms with van der Waals surface area (Å²) in [5, 5.41) is 6.06. The molecule has 220 valence electrons. The van der Waals surface area contributed by atoms with Crippen molar-refractivity contribution < 1.29 is 13.6 Å². The van der Waals surface area contributed by atoms with Crippen LogP contribution in [0.25, 0.3) is 0 Å². The average molecular weight is 555 g/mol. The molecule has 0 aliphatic rings. The number of rotatable bonds is 19. The van der Waals surface area contributed by atoms with Crippen LogP contribution in [0.2, 0.25) is 0 Å². The first kappa shape index (κ1) is 33.2. The van der Waals surface area contributed by atoms with Crippen LogP contribution in [-0.2, 0) is 23.8 Å². The zero-order chi connectivity index (χ0) is 29.4. The second kappa shape index (κ2) is 16.9. The molecule has 1 unspecified atom stereocenters. The quantitative estimate of drug-likeness (QED) is 0.156. The molecule has 1 aromatic carbocycles. The Morgan fingerprint density at radius 3 is 2.45 bits per heavy atom. The Labute approximate surface area is 240 Å². The molecule has 2 rings (SSSR count). The third kappa shape index (κ3) is 11.2. The molecule has 0 radical (unpaired) electrons. The largest absolute Gasteiger partial charge is 0.353 e. The van der Waals surface area contributed by atoms with E-state index < -0.39 is 23.8 Å². The normalized spacial score (nSPS) is 14.0. The summed E-state index contributed by atoms with van der Waals surface area (Å²) in [6.45, 7) is 12.6. The fourth-order valence-electron chi connectivity index (χ4n) is 4.89. The smallest absolute Gasteiger partial charge is 0.262 e. The number of carbonyl (C=O) groups is 1. The van der Waals surface area contributed by atoms with Gasteiger partial charge in [0.05, 0.1) is 12.0 Å². The Hall–Kier alpha value is -3.03. The molecular formula is C33H48F2N4O. The topological polar surface area (TPSA) is 49.3 Å². The number of nitrogens with one attached hydrogen (secondary N) is 2. The van der Waals surface area contributed by atoms with Crippen molar-refractivity contribution in [3.63, 3.8) is 0 Å². The first-order valence-electron chi connectivity index (χ1n) is 14.3. The van der Waals surface area contributed by atoms with Crippen LogP contribution in [0.4, 0.5) is 8.78 Å². The van der Waals surface area contributed by atoms with Crippen molar-refractivity contribution >= 4 is 5.91 Å². The summed E-state index contributed by atoms with van der Waals surface area (Å²) in [5.41, 5.74) is 1.89. The Bertz CT molecular complexity index is 1090. The zero-order valence-electron chi connectivity index (χ0n) is 24.8. The maximum atomic E-state index is 13.7. The van der Waals surface area contributed by atoms with Gasteiger partial charge in [0.1, 0.15) is 0 Å². The lowest BCUT2D eigenvalue weighted by molar-refractivity contribution is -0.127. The molecule has 0 saturated heterocycles. The van der Waals surface area contributed by atoms with Crippen molar-refractivity contribution in [1.82, 2.24) is 20.1 Å². The molecule has 0 bridgehead atoms. The van der Waals surface area contributed by atoms with Gasteiger partial charge in [-0.1, -0.05) is 80.1 Å². The van der Waals surface area contributed by atoms with Gasteiger partial charge in [0, 0.05) is 32.4 Å². The van der Waals surface area contributed by atoms with E-state index in [9.17, 15) is 13.6 Å². The van der Waals surface area contributed by atoms with E-state index in [2.05, 4.69) is 59.0 Å². The summed E-state index contributed by atoms with van der Waals surface area (Å²) in [6.07, 6.45) is 12.6. The minimum absolute atomic E-state index is 0.400. The first-order chi connectivity index (χ1) is 19.1. The molecule has 5 nitrogen and oxygen atoms in total. The van der Waals surface area contributed by atoms with Crippen LogP contribution in [0, 0.1) is 0 Å². The van der Waals surface area contributed by atoms with Crippen molar-refractivity contribution in [3.05, 3.63) is 96.4 Å². The molecule has 2 aromatic rings. The minimum Gasteiger partial charge on any atom is -0.353 e. The number of aryl methyl sites for hydroxylation is 1. The average Bonchev–Trinajstić information content (AvgIpc) is 3.35. The number of halogens is 2. The van der Waals surface area contributed by atoms with Gasteiger partial charge in [0.25, 0.3) is 5.92 Å². The molecule has 1 aromatic heterocycles. The van der Waals surface area contributed by atoms with Crippen molar-refractivity contribution in [2.24, 2.45) is 7.05 Å². The fraction of sp³-hybridized carbons (Fsp3) is 0.485. The van der Waals surface area contributed by atoms with Gasteiger partial charge >= 0.3 is 0 Å². The summed E-state index contributed by atoms with van der Waals surface area (Å²) < 4.78 is 29.6. The van der Waals surface area contributed by atoms with Gasteiger partial charge in [-0.3, -0.25) is 4.79 Å². The maximum absolute atomic E-state index is 13.7. The molecule has 1 heterocycles. The van der Waals surface area contributed by atoms with Gasteiger partial charge in [-0.25, -0.2) is 8.78 Å². The number of carbonyl (C=O) groups excluding carboxylic acids is 1. The number of hydrogen-bond donors (Lipinski definition) is 2. The van der Waals surface area contributed by atoms with E-state index in [0.29, 0.717) is 6.42 Å². The summed E-state index contributed by atoms with van der Waals surface area (Å²) >= 11 is 0. The Kier molecular flexibility index (Phi) is 14.0. The predicted molar refractivity (Wildman–Crippen MR) is 163 cm³/mol. The first-order valence-corrected chi connectivity index (χ1v) is 14.3. The number of aromatic nitrogens is 1. The van der Waals surface area contributed by atoms with Crippen LogP contribution in [0.1, 0.15) is 57.7 Å². The van der Waals surface area contributed by atoms with Crippen LogP contribution in [0.5, 0.6) is 0 Å². The number of amides is 1. The van der Waals surface area contributed by atoms with Crippen molar-refractivity contribution in [2.75, 3.05) is 32.7 Å². The molecule has 40 heavy (non-hydrogen) atoms. The van der Waals surface area contributed by atoms with Crippen molar-refractivity contribution in [1.29, 1.82) is 0 Å². The summed E-state index contributed by atoms with van der Waals surface area (Å²) in [4.78, 5) is 16.1. The predicted octanol–water partition coefficient (Wildman–Crippen LogP) is 6.39. The third-order valence-electron chi connectivity index (χ3n) is 7.15. The van der Waals surface area contributed by atoms with Gasteiger partial charge in [0.15, 0.2) is 0 Å². The van der Waals surface area contributed by atoms with E-state index in [1.807, 2.05) is 55.5 Å². The molecular weight excluding hydrogens is 506 g/mol. The number of unbranched alkanes of at least 4 members (excludes halogenated alkanes) is 1. The molecule has 0 spiro atoms. The maximum Gasteiger partial charge on any atom is 0.262 e. The highest BCUT2D eigenvalue weighted by atomic mass is 19.3. The van der Waals surface area contributed by atoms with E-state index in [1.54, 1.807) is 6.08 Å². The van der Waals surface area contributed by atoms with E-state index in [4.69, 9.17) is 0 Å². The molecule has 7 heteroatoms. The van der Waals surface area contributed by atoms with Gasteiger partial charge < -0.3 is 20.1 Å². The number of alkyl halides is 2. The number of allylic oxidation sites excluding steroid dienone is 4. The SMILES string of the molecule is C=C/C=C\C(C)=C\C(CCCCN(CC)CCCNCc1cccn1C)(C(=O)NCC(C)(F)F)c1ccccc1. The molecule has 1 amide bonds. The van der Waals surface area contributed by atoms with Gasteiger partial charge in [-0.2, -0.15) is 0 Å². The van der Waals surface area contributed by atoms with E-state index in [-0.39, 0.29) is 0 Å². The highest BCUT2D eigenvalue weighted by Crippen LogP contribution is 2.34. The van der Waals surface area contributed by atoms with Crippen LogP contribution >= 0.6 is 0 Å². The number of benzene rings is 1. The molecule has 0 aliphatic carbocycles. The molecule has 1 atom stereocenters. The van der Waals surface area contributed by atoms with E-state index in [0.717, 1.165) is 70.0 Å². The monoisotopic (exact) mass is 554 g/mol. The number of hydrogen-bond acceptors (Lipinski definition) is 3. The second-order valence-electron chi connectivity index (χ2n) is 10.6. The van der Waals surface area contributed by atoms with Crippen LogP contribution in [0.3, 0.4) is 0 Å². The lowest BCUT2D eigenvalue weighted by Crippen LogP contribution is -2.46. The van der Waals surface area contributed by atoms with Crippen LogP contribution in [0.15, 0.2) is 85.1 Å². The van der Waals surface area contributed by atoms with E-state index in [1.165, 1.54) is 5.69 Å². The molecule has 2 N–H and O–H groups in total. The van der Waals surface area contributed by atoms with Gasteiger partial charge in [0.2, 0.25) is 5.91 Å². The number of nitrogens with zero attached hydrogens (tertiary/aromatic N) is 2. The second-order valence-corrected chi connectivity index (χ2v) is 10.6. The van der Waals surface area contributed by atoms with Crippen molar-refractivity contribution in [2.45, 2.75) is 64.3 Å². The van der Waals surface area contributed by atoms with Crippen LogP contribution < -0.4 is 10.6 Å². The molecule has 0 saturated carbocycles. The summed E-state index contributed by atoms with van der Waals surface area (Å²) in [5.74, 6) is -3.39. The lowest BCUT2D eigenvalue weighted by Gasteiger charge is -2.32. The fourth-order valence-corrected chi connectivity index (χ4v) is 4.89. The van der Waals surface area contributed by atoms with E-state index >= 15 is 0 Å². The summed E-state index contributed by atoms with van der Waals surface area (Å²) in [7, 11) is 2.06. The lowest BCUT2D eigenvalue weighted by atomic mass is 9.74. The van der Waals surface area contributed by atoms with Gasteiger partial charge in [-0.05, 0) is 70.1 Å². The highest BCUT2D eigenvalue weighted by molar-refractivity contribution is 5.90. The van der Waals surface area contributed by atoms with Crippen molar-refractivity contribution in [3.8, 4) is 0 Å². The Morgan fingerprint density at radius 1 is 1.10 bits per heavy atom. The standard InChI is InChI=1S/C33H48F2N4O/c1-6-8-16-28(3)25-33(29-17-10-9-11-18-29,31(40)37-27-32(4,34)35)20-12-13-23-39(7-2)24-15-21-36-26-30-19-14-22-38(30)5/h6,8-11,14,16-19,22,25,36H,1,7,12-13,15,20-21,23-24,26-27H2,2-5H3,(H,37,40)/b16-8-,28-25+. The van der Waals surface area contributed by atoms with Gasteiger partial charge in [-0.15, -0.1) is 0 Å². The third-order valence-corrected chi connectivity index (χ3v) is 7.15. The molecule has 0 fully saturated rings. The highest BCUT2D eigenvalue weighted by Gasteiger charge is 2.38. The van der Waals surface area contributed by atoms with Crippen LogP contribution in [-0.4, -0.2) is 54.0 Å².